The molecule has 0 amide bonds. The van der Waals surface area contributed by atoms with Crippen LogP contribution < -0.4 is 0 Å². The topological polar surface area (TPSA) is 173 Å². The maximum absolute atomic E-state index is 8.74. The summed E-state index contributed by atoms with van der Waals surface area (Å²) in [5.74, 6) is 0. The van der Waals surface area contributed by atoms with Crippen LogP contribution in [0.3, 0.4) is 0 Å². The van der Waals surface area contributed by atoms with Gasteiger partial charge in [0.25, 0.3) is 0 Å². The molecule has 0 rings (SSSR count). The molecule has 0 aromatic rings. The van der Waals surface area contributed by atoms with Crippen molar-refractivity contribution in [3.8, 4) is 0 Å². The quantitative estimate of drug-likeness (QED) is 0.238. The summed E-state index contributed by atoms with van der Waals surface area (Å²) in [7, 11) is -9.39. The fourth-order valence-electron chi connectivity index (χ4n) is 0. The normalized spacial score (nSPS) is 4.80. The fourth-order valence-corrected chi connectivity index (χ4v) is 0. The molecule has 0 heterocycles. The average Bonchev–Trinajstić information content (AvgIpc) is 1.54. The van der Waals surface area contributed by atoms with Gasteiger partial charge in [-0.2, -0.15) is 0 Å². The Balaban J connectivity index is -0.0000000184. The predicted molar refractivity (Wildman–Crippen MR) is 54.1 cm³/mol. The van der Waals surface area contributed by atoms with Gasteiger partial charge in [-0.3, -0.25) is 13.4 Å². The summed E-state index contributed by atoms with van der Waals surface area (Å²) >= 11 is 0. The van der Waals surface area contributed by atoms with Gasteiger partial charge in [0.15, 0.2) is 0 Å². The van der Waals surface area contributed by atoms with Crippen LogP contribution in [-0.4, -0.2) is 156 Å². The first-order chi connectivity index (χ1) is 5.20. The molecule has 0 aliphatic carbocycles. The monoisotopic (exact) mass is 306 g/mol. The van der Waals surface area contributed by atoms with Gasteiger partial charge in [-0.15, -0.1) is 0 Å². The van der Waals surface area contributed by atoms with Crippen molar-refractivity contribution in [1.82, 2.24) is 0 Å². The summed E-state index contributed by atoms with van der Waals surface area (Å²) in [4.78, 5) is 42.9. The van der Waals surface area contributed by atoms with Crippen LogP contribution in [0.25, 0.3) is 0 Å². The van der Waals surface area contributed by atoms with E-state index in [9.17, 15) is 0 Å². The maximum atomic E-state index is 8.74. The molecule has 0 aliphatic heterocycles. The molecule has 78 valence electrons. The van der Waals surface area contributed by atoms with Crippen molar-refractivity contribution in [3.63, 3.8) is 0 Å². The van der Waals surface area contributed by atoms with Crippen LogP contribution in [-0.2, 0) is 13.4 Å². The van der Waals surface area contributed by atoms with Crippen LogP contribution in [0, 0.1) is 0 Å². The van der Waals surface area contributed by atoms with E-state index in [0.29, 0.717) is 0 Å². The summed E-state index contributed by atoms with van der Waals surface area (Å²) in [5.41, 5.74) is 0. The Labute approximate surface area is 166 Å². The molecular formula is H9KLiNaO9Si3. The van der Waals surface area contributed by atoms with Crippen LogP contribution in [0.5, 0.6) is 0 Å². The third kappa shape index (κ3) is 734. The zero-order chi connectivity index (χ0) is 10.7. The van der Waals surface area contributed by atoms with E-state index in [1.165, 1.54) is 0 Å². The van der Waals surface area contributed by atoms with Crippen LogP contribution in [0.1, 0.15) is 0 Å². The zero-order valence-corrected chi connectivity index (χ0v) is 8.41. The second kappa shape index (κ2) is 29.8. The van der Waals surface area contributed by atoms with E-state index >= 15 is 0 Å². The van der Waals surface area contributed by atoms with E-state index in [4.69, 9.17) is 42.2 Å². The molecule has 0 bridgehead atoms. The molecule has 0 spiro atoms. The van der Waals surface area contributed by atoms with Crippen LogP contribution in [0.2, 0.25) is 0 Å². The molecule has 9 nitrogen and oxygen atoms in total. The molecule has 0 aromatic carbocycles. The van der Waals surface area contributed by atoms with Crippen molar-refractivity contribution in [1.29, 1.82) is 0 Å². The molecule has 15 heavy (non-hydrogen) atoms. The van der Waals surface area contributed by atoms with E-state index in [-0.39, 0.29) is 99.8 Å². The Morgan fingerprint density at radius 2 is 0.600 bits per heavy atom. The summed E-state index contributed by atoms with van der Waals surface area (Å²) in [6, 6.07) is 0. The summed E-state index contributed by atoms with van der Waals surface area (Å²) in [6.45, 7) is 0. The van der Waals surface area contributed by atoms with Crippen molar-refractivity contribution >= 4 is 127 Å². The van der Waals surface area contributed by atoms with Crippen molar-refractivity contribution in [3.05, 3.63) is 0 Å². The number of rotatable bonds is 0. The van der Waals surface area contributed by atoms with Gasteiger partial charge in [-0.05, 0) is 0 Å². The second-order valence-electron chi connectivity index (χ2n) is 0.848. The first-order valence-electron chi connectivity index (χ1n) is 1.95. The summed E-state index contributed by atoms with van der Waals surface area (Å²) in [5, 5.41) is 0. The van der Waals surface area contributed by atoms with E-state index in [0.717, 1.165) is 0 Å². The molecule has 0 saturated heterocycles. The molecule has 0 saturated carbocycles. The summed E-state index contributed by atoms with van der Waals surface area (Å²) in [6.07, 6.45) is 0. The van der Waals surface area contributed by atoms with E-state index in [1.807, 2.05) is 0 Å². The molecule has 0 aliphatic rings. The Bertz CT molecular complexity index is 123. The van der Waals surface area contributed by atoms with Crippen molar-refractivity contribution in [2.75, 3.05) is 0 Å². The van der Waals surface area contributed by atoms with Gasteiger partial charge < -0.3 is 28.8 Å². The van der Waals surface area contributed by atoms with Gasteiger partial charge in [-0.25, -0.2) is 0 Å². The van der Waals surface area contributed by atoms with Crippen LogP contribution in [0.4, 0.5) is 0 Å². The van der Waals surface area contributed by atoms with Gasteiger partial charge in [0.05, 0.1) is 0 Å². The molecule has 0 unspecified atom stereocenters. The van der Waals surface area contributed by atoms with E-state index in [1.54, 1.807) is 0 Å². The molecule has 0 fully saturated rings. The molecule has 0 aromatic heterocycles. The third-order valence-electron chi connectivity index (χ3n) is 0. The first kappa shape index (κ1) is 36.0. The molecule has 0 radical (unpaired) electrons. The Morgan fingerprint density at radius 3 is 0.600 bits per heavy atom. The van der Waals surface area contributed by atoms with Crippen LogP contribution >= 0.6 is 0 Å². The van der Waals surface area contributed by atoms with Crippen LogP contribution in [0.15, 0.2) is 0 Å². The Kier molecular flexibility index (Phi) is 71.4. The van der Waals surface area contributed by atoms with Gasteiger partial charge in [-0.1, -0.05) is 0 Å². The van der Waals surface area contributed by atoms with Gasteiger partial charge in [0.1, 0.15) is 0 Å². The van der Waals surface area contributed by atoms with Gasteiger partial charge in [0, 0.05) is 0 Å². The first-order valence-corrected chi connectivity index (χ1v) is 5.86. The van der Waals surface area contributed by atoms with E-state index < -0.39 is 27.5 Å². The molecule has 15 heteroatoms. The van der Waals surface area contributed by atoms with Gasteiger partial charge >= 0.3 is 127 Å². The number of hydrogen-bond donors (Lipinski definition) is 6. The third-order valence-corrected chi connectivity index (χ3v) is 0. The summed E-state index contributed by atoms with van der Waals surface area (Å²) < 4.78 is 26.2. The van der Waals surface area contributed by atoms with E-state index in [2.05, 4.69) is 0 Å². The minimum absolute atomic E-state index is 0. The molecular weight excluding hydrogens is 297 g/mol. The van der Waals surface area contributed by atoms with Crippen molar-refractivity contribution < 1.29 is 42.2 Å². The molecule has 6 N–H and O–H groups in total. The Morgan fingerprint density at radius 1 is 0.600 bits per heavy atom. The van der Waals surface area contributed by atoms with Crippen molar-refractivity contribution in [2.45, 2.75) is 0 Å². The molecule has 0 atom stereocenters. The Hall–Kier alpha value is 2.08. The second-order valence-corrected chi connectivity index (χ2v) is 2.54. The standard InChI is InChI=1S/K.Li.Na.3H2O3Si.3H/c;;;3*1-4(2)3;;;/h;;;3*1-2H;;;. The van der Waals surface area contributed by atoms with Crippen molar-refractivity contribution in [2.24, 2.45) is 0 Å². The average molecular weight is 306 g/mol. The zero-order valence-electron chi connectivity index (χ0n) is 5.41. The minimum atomic E-state index is -3.13. The number of hydrogen-bond acceptors (Lipinski definition) is 3. The predicted octanol–water partition coefficient (Wildman–Crippen LogP) is -6.79. The van der Waals surface area contributed by atoms with Gasteiger partial charge in [0.2, 0.25) is 0 Å². The SMILES string of the molecule is O=[Si](O)O.O=[Si](O)O.O=[Si](O)O.[KH].[LiH].[NaH]. The fraction of sp³-hybridized carbons (Fsp3) is 0.